The Morgan fingerprint density at radius 2 is 2.06 bits per heavy atom. The molecule has 0 aliphatic heterocycles. The lowest BCUT2D eigenvalue weighted by molar-refractivity contribution is 0.408. The van der Waals surface area contributed by atoms with E-state index in [9.17, 15) is 0 Å². The Bertz CT molecular complexity index is 383. The van der Waals surface area contributed by atoms with Crippen LogP contribution in [0.15, 0.2) is 12.1 Å². The van der Waals surface area contributed by atoms with E-state index in [1.165, 1.54) is 36.0 Å². The molecule has 0 bridgehead atoms. The van der Waals surface area contributed by atoms with E-state index in [2.05, 4.69) is 31.3 Å². The van der Waals surface area contributed by atoms with Crippen LogP contribution in [-0.2, 0) is 6.42 Å². The molecule has 0 heterocycles. The molecular weight excluding hydrogens is 210 g/mol. The first-order valence-electron chi connectivity index (χ1n) is 6.58. The molecule has 0 amide bonds. The minimum Gasteiger partial charge on any atom is -0.496 e. The average Bonchev–Trinajstić information content (AvgIpc) is 3.09. The number of ether oxygens (including phenoxy) is 1. The van der Waals surface area contributed by atoms with Gasteiger partial charge in [-0.1, -0.05) is 6.07 Å². The molecule has 0 atom stereocenters. The molecule has 1 aliphatic rings. The van der Waals surface area contributed by atoms with Crippen molar-refractivity contribution in [2.45, 2.75) is 45.6 Å². The number of aryl methyl sites for hydroxylation is 2. The van der Waals surface area contributed by atoms with Crippen molar-refractivity contribution in [3.05, 3.63) is 28.8 Å². The normalized spacial score (nSPS) is 15.0. The Kier molecular flexibility index (Phi) is 4.06. The van der Waals surface area contributed by atoms with Crippen LogP contribution in [0.3, 0.4) is 0 Å². The van der Waals surface area contributed by atoms with E-state index >= 15 is 0 Å². The third kappa shape index (κ3) is 3.47. The maximum atomic E-state index is 5.48. The van der Waals surface area contributed by atoms with E-state index in [-0.39, 0.29) is 0 Å². The van der Waals surface area contributed by atoms with Crippen LogP contribution >= 0.6 is 0 Å². The summed E-state index contributed by atoms with van der Waals surface area (Å²) < 4.78 is 5.48. The van der Waals surface area contributed by atoms with Crippen molar-refractivity contribution in [1.82, 2.24) is 5.32 Å². The summed E-state index contributed by atoms with van der Waals surface area (Å²) in [5, 5.41) is 3.55. The highest BCUT2D eigenvalue weighted by atomic mass is 16.5. The van der Waals surface area contributed by atoms with Crippen molar-refractivity contribution in [1.29, 1.82) is 0 Å². The average molecular weight is 233 g/mol. The SMILES string of the molecule is COc1cc(C)cc(C)c1CCCNC1CC1. The van der Waals surface area contributed by atoms with Crippen LogP contribution < -0.4 is 10.1 Å². The van der Waals surface area contributed by atoms with E-state index in [1.807, 2.05) is 0 Å². The fourth-order valence-electron chi connectivity index (χ4n) is 2.32. The largest absolute Gasteiger partial charge is 0.496 e. The summed E-state index contributed by atoms with van der Waals surface area (Å²) in [7, 11) is 1.76. The zero-order valence-electron chi connectivity index (χ0n) is 11.2. The molecule has 0 spiro atoms. The maximum Gasteiger partial charge on any atom is 0.122 e. The van der Waals surface area contributed by atoms with Crippen LogP contribution in [0.25, 0.3) is 0 Å². The van der Waals surface area contributed by atoms with Gasteiger partial charge in [0.05, 0.1) is 7.11 Å². The molecule has 1 aromatic carbocycles. The molecule has 0 saturated heterocycles. The van der Waals surface area contributed by atoms with Gasteiger partial charge < -0.3 is 10.1 Å². The Morgan fingerprint density at radius 1 is 1.29 bits per heavy atom. The van der Waals surface area contributed by atoms with Crippen LogP contribution in [0, 0.1) is 13.8 Å². The molecule has 0 unspecified atom stereocenters. The first kappa shape index (κ1) is 12.4. The highest BCUT2D eigenvalue weighted by Gasteiger charge is 2.19. The summed E-state index contributed by atoms with van der Waals surface area (Å²) in [5.41, 5.74) is 4.00. The molecule has 94 valence electrons. The number of methoxy groups -OCH3 is 1. The second kappa shape index (κ2) is 5.54. The molecule has 17 heavy (non-hydrogen) atoms. The molecule has 2 heteroatoms. The van der Waals surface area contributed by atoms with Crippen molar-refractivity contribution >= 4 is 0 Å². The molecule has 1 aromatic rings. The number of hydrogen-bond acceptors (Lipinski definition) is 2. The van der Waals surface area contributed by atoms with E-state index in [1.54, 1.807) is 7.11 Å². The van der Waals surface area contributed by atoms with Crippen molar-refractivity contribution in [3.8, 4) is 5.75 Å². The summed E-state index contributed by atoms with van der Waals surface area (Å²) in [6.07, 6.45) is 5.03. The topological polar surface area (TPSA) is 21.3 Å². The third-order valence-electron chi connectivity index (χ3n) is 3.41. The monoisotopic (exact) mass is 233 g/mol. The van der Waals surface area contributed by atoms with Crippen LogP contribution in [0.4, 0.5) is 0 Å². The predicted molar refractivity (Wildman–Crippen MR) is 71.8 cm³/mol. The summed E-state index contributed by atoms with van der Waals surface area (Å²) in [5.74, 6) is 1.05. The maximum absolute atomic E-state index is 5.48. The van der Waals surface area contributed by atoms with Gasteiger partial charge in [0.25, 0.3) is 0 Å². The molecule has 0 radical (unpaired) electrons. The third-order valence-corrected chi connectivity index (χ3v) is 3.41. The predicted octanol–water partition coefficient (Wildman–Crippen LogP) is 3.00. The summed E-state index contributed by atoms with van der Waals surface area (Å²) in [4.78, 5) is 0. The van der Waals surface area contributed by atoms with Crippen molar-refractivity contribution in [2.75, 3.05) is 13.7 Å². The molecule has 1 aliphatic carbocycles. The lowest BCUT2D eigenvalue weighted by Crippen LogP contribution is -2.18. The van der Waals surface area contributed by atoms with E-state index in [4.69, 9.17) is 4.74 Å². The molecule has 1 N–H and O–H groups in total. The van der Waals surface area contributed by atoms with Crippen molar-refractivity contribution in [2.24, 2.45) is 0 Å². The minimum atomic E-state index is 0.816. The van der Waals surface area contributed by atoms with Crippen molar-refractivity contribution in [3.63, 3.8) is 0 Å². The first-order chi connectivity index (χ1) is 8.20. The lowest BCUT2D eigenvalue weighted by atomic mass is 10.00. The van der Waals surface area contributed by atoms with E-state index in [0.717, 1.165) is 24.8 Å². The highest BCUT2D eigenvalue weighted by Crippen LogP contribution is 2.25. The van der Waals surface area contributed by atoms with E-state index in [0.29, 0.717) is 0 Å². The summed E-state index contributed by atoms with van der Waals surface area (Å²) in [6, 6.07) is 5.19. The van der Waals surface area contributed by atoms with Gasteiger partial charge >= 0.3 is 0 Å². The zero-order chi connectivity index (χ0) is 12.3. The lowest BCUT2D eigenvalue weighted by Gasteiger charge is -2.13. The number of benzene rings is 1. The molecule has 2 nitrogen and oxygen atoms in total. The van der Waals surface area contributed by atoms with Crippen LogP contribution in [0.1, 0.15) is 36.0 Å². The molecule has 0 aromatic heterocycles. The molecular formula is C15H23NO. The quantitative estimate of drug-likeness (QED) is 0.763. The van der Waals surface area contributed by atoms with Gasteiger partial charge in [-0.05, 0) is 68.8 Å². The van der Waals surface area contributed by atoms with Gasteiger partial charge in [-0.15, -0.1) is 0 Å². The van der Waals surface area contributed by atoms with Gasteiger partial charge in [0.15, 0.2) is 0 Å². The second-order valence-corrected chi connectivity index (χ2v) is 5.09. The molecule has 1 saturated carbocycles. The Hall–Kier alpha value is -1.02. The standard InChI is InChI=1S/C15H23NO/c1-11-9-12(2)14(15(10-11)17-3)5-4-8-16-13-6-7-13/h9-10,13,16H,4-8H2,1-3H3. The zero-order valence-corrected chi connectivity index (χ0v) is 11.2. The van der Waals surface area contributed by atoms with E-state index < -0.39 is 0 Å². The Labute approximate surface area is 104 Å². The number of rotatable bonds is 6. The van der Waals surface area contributed by atoms with Crippen molar-refractivity contribution < 1.29 is 4.74 Å². The second-order valence-electron chi connectivity index (χ2n) is 5.09. The number of hydrogen-bond donors (Lipinski definition) is 1. The van der Waals surface area contributed by atoms with Crippen LogP contribution in [0.2, 0.25) is 0 Å². The number of nitrogens with one attached hydrogen (secondary N) is 1. The minimum absolute atomic E-state index is 0.816. The smallest absolute Gasteiger partial charge is 0.122 e. The first-order valence-corrected chi connectivity index (χ1v) is 6.58. The molecule has 1 fully saturated rings. The molecule has 2 rings (SSSR count). The van der Waals surface area contributed by atoms with Gasteiger partial charge in [0.1, 0.15) is 5.75 Å². The van der Waals surface area contributed by atoms with Gasteiger partial charge in [-0.25, -0.2) is 0 Å². The Balaban J connectivity index is 1.92. The fraction of sp³-hybridized carbons (Fsp3) is 0.600. The van der Waals surface area contributed by atoms with Crippen LogP contribution in [-0.4, -0.2) is 19.7 Å². The van der Waals surface area contributed by atoms with Gasteiger partial charge in [-0.3, -0.25) is 0 Å². The van der Waals surface area contributed by atoms with Gasteiger partial charge in [0, 0.05) is 6.04 Å². The van der Waals surface area contributed by atoms with Gasteiger partial charge in [-0.2, -0.15) is 0 Å². The summed E-state index contributed by atoms with van der Waals surface area (Å²) in [6.45, 7) is 5.42. The summed E-state index contributed by atoms with van der Waals surface area (Å²) >= 11 is 0. The fourth-order valence-corrected chi connectivity index (χ4v) is 2.32. The highest BCUT2D eigenvalue weighted by molar-refractivity contribution is 5.43. The van der Waals surface area contributed by atoms with Gasteiger partial charge in [0.2, 0.25) is 0 Å². The Morgan fingerprint density at radius 3 is 2.71 bits per heavy atom. The van der Waals surface area contributed by atoms with Crippen LogP contribution in [0.5, 0.6) is 5.75 Å².